The molecule has 0 spiro atoms. The van der Waals surface area contributed by atoms with E-state index in [9.17, 15) is 4.79 Å². The summed E-state index contributed by atoms with van der Waals surface area (Å²) < 4.78 is 5.17. The highest BCUT2D eigenvalue weighted by atomic mass is 16.6. The molecule has 0 atom stereocenters. The number of nitrogens with one attached hydrogen (secondary N) is 2. The van der Waals surface area contributed by atoms with Gasteiger partial charge in [0.1, 0.15) is 5.60 Å². The first-order chi connectivity index (χ1) is 9.90. The van der Waals surface area contributed by atoms with Gasteiger partial charge in [0, 0.05) is 18.8 Å². The number of hydrogen-bond donors (Lipinski definition) is 2. The Hall–Kier alpha value is -1.71. The van der Waals surface area contributed by atoms with Crippen LogP contribution >= 0.6 is 0 Å². The molecule has 0 fully saturated rings. The van der Waals surface area contributed by atoms with Crippen molar-refractivity contribution in [3.8, 4) is 0 Å². The number of anilines is 1. The molecule has 0 heterocycles. The van der Waals surface area contributed by atoms with Crippen molar-refractivity contribution in [3.05, 3.63) is 29.8 Å². The topological polar surface area (TPSA) is 50.4 Å². The fourth-order valence-corrected chi connectivity index (χ4v) is 1.90. The number of carbonyl (C=O) groups is 1. The normalized spacial score (nSPS) is 11.0. The van der Waals surface area contributed by atoms with Crippen LogP contribution in [-0.4, -0.2) is 24.8 Å². The monoisotopic (exact) mass is 292 g/mol. The third kappa shape index (κ3) is 8.23. The highest BCUT2D eigenvalue weighted by Crippen LogP contribution is 2.11. The van der Waals surface area contributed by atoms with Crippen molar-refractivity contribution in [3.63, 3.8) is 0 Å². The maximum atomic E-state index is 11.4. The van der Waals surface area contributed by atoms with Gasteiger partial charge in [-0.25, -0.2) is 4.79 Å². The number of benzene rings is 1. The van der Waals surface area contributed by atoms with Crippen LogP contribution in [0.5, 0.6) is 0 Å². The van der Waals surface area contributed by atoms with Crippen molar-refractivity contribution in [2.45, 2.75) is 52.6 Å². The maximum absolute atomic E-state index is 11.4. The van der Waals surface area contributed by atoms with Gasteiger partial charge < -0.3 is 15.4 Å². The molecule has 0 saturated heterocycles. The van der Waals surface area contributed by atoms with Crippen LogP contribution in [0.2, 0.25) is 0 Å². The summed E-state index contributed by atoms with van der Waals surface area (Å²) in [5, 5.41) is 6.09. The van der Waals surface area contributed by atoms with E-state index in [0.29, 0.717) is 6.54 Å². The minimum absolute atomic E-state index is 0.355. The third-order valence-electron chi connectivity index (χ3n) is 2.84. The van der Waals surface area contributed by atoms with E-state index < -0.39 is 5.60 Å². The first-order valence-corrected chi connectivity index (χ1v) is 7.70. The summed E-state index contributed by atoms with van der Waals surface area (Å²) in [6.07, 6.45) is 2.80. The molecule has 4 heteroatoms. The van der Waals surface area contributed by atoms with Crippen LogP contribution in [0.25, 0.3) is 0 Å². The van der Waals surface area contributed by atoms with Crippen molar-refractivity contribution in [2.75, 3.05) is 18.4 Å². The Morgan fingerprint density at radius 2 is 1.81 bits per heavy atom. The molecule has 4 nitrogen and oxygen atoms in total. The van der Waals surface area contributed by atoms with E-state index in [0.717, 1.165) is 25.1 Å². The van der Waals surface area contributed by atoms with E-state index in [1.54, 1.807) is 0 Å². The van der Waals surface area contributed by atoms with Gasteiger partial charge >= 0.3 is 6.09 Å². The molecule has 0 unspecified atom stereocenters. The van der Waals surface area contributed by atoms with E-state index in [4.69, 9.17) is 4.74 Å². The lowest BCUT2D eigenvalue weighted by molar-refractivity contribution is 0.0528. The predicted molar refractivity (Wildman–Crippen MR) is 87.8 cm³/mol. The Labute approximate surface area is 128 Å². The molecular weight excluding hydrogens is 264 g/mol. The quantitative estimate of drug-likeness (QED) is 0.748. The van der Waals surface area contributed by atoms with Crippen molar-refractivity contribution < 1.29 is 9.53 Å². The molecule has 1 aromatic rings. The zero-order chi connectivity index (χ0) is 15.7. The largest absolute Gasteiger partial charge is 0.444 e. The van der Waals surface area contributed by atoms with Crippen LogP contribution in [0.1, 0.15) is 46.1 Å². The summed E-state index contributed by atoms with van der Waals surface area (Å²) in [6.45, 7) is 9.19. The minimum atomic E-state index is -0.442. The fourth-order valence-electron chi connectivity index (χ4n) is 1.90. The number of alkyl carbamates (subject to hydrolysis) is 1. The Morgan fingerprint density at radius 1 is 1.14 bits per heavy atom. The number of aryl methyl sites for hydroxylation is 1. The van der Waals surface area contributed by atoms with Crippen LogP contribution in [0, 0.1) is 0 Å². The van der Waals surface area contributed by atoms with Gasteiger partial charge in [-0.1, -0.05) is 25.5 Å². The Morgan fingerprint density at radius 3 is 2.38 bits per heavy atom. The molecule has 0 aliphatic heterocycles. The van der Waals surface area contributed by atoms with Gasteiger partial charge in [0.05, 0.1) is 0 Å². The van der Waals surface area contributed by atoms with Crippen LogP contribution in [0.4, 0.5) is 10.5 Å². The van der Waals surface area contributed by atoms with Crippen molar-refractivity contribution in [1.29, 1.82) is 0 Å². The highest BCUT2D eigenvalue weighted by molar-refractivity contribution is 5.67. The van der Waals surface area contributed by atoms with Gasteiger partial charge in [-0.3, -0.25) is 0 Å². The predicted octanol–water partition coefficient (Wildman–Crippen LogP) is 3.97. The minimum Gasteiger partial charge on any atom is -0.444 e. The summed E-state index contributed by atoms with van der Waals surface area (Å²) in [5.74, 6) is 0. The number of rotatable bonds is 7. The molecule has 2 N–H and O–H groups in total. The molecule has 1 aromatic carbocycles. The lowest BCUT2D eigenvalue weighted by atomic mass is 10.1. The van der Waals surface area contributed by atoms with Gasteiger partial charge in [0.2, 0.25) is 0 Å². The van der Waals surface area contributed by atoms with E-state index in [1.165, 1.54) is 12.0 Å². The van der Waals surface area contributed by atoms with Gasteiger partial charge in [-0.15, -0.1) is 0 Å². The molecule has 0 aromatic heterocycles. The van der Waals surface area contributed by atoms with Crippen molar-refractivity contribution >= 4 is 11.8 Å². The van der Waals surface area contributed by atoms with Gasteiger partial charge in [0.25, 0.3) is 0 Å². The molecule has 0 aliphatic carbocycles. The van der Waals surface area contributed by atoms with Crippen LogP contribution < -0.4 is 10.6 Å². The van der Waals surface area contributed by atoms with Crippen LogP contribution in [0.15, 0.2) is 24.3 Å². The van der Waals surface area contributed by atoms with Crippen molar-refractivity contribution in [2.24, 2.45) is 0 Å². The second-order valence-corrected chi connectivity index (χ2v) is 6.16. The Bertz CT molecular complexity index is 421. The smallest absolute Gasteiger partial charge is 0.407 e. The Balaban J connectivity index is 2.15. The second kappa shape index (κ2) is 8.55. The molecular formula is C17H28N2O2. The first kappa shape index (κ1) is 17.3. The molecule has 1 amide bonds. The van der Waals surface area contributed by atoms with Crippen LogP contribution in [0.3, 0.4) is 0 Å². The summed E-state index contributed by atoms with van der Waals surface area (Å²) in [7, 11) is 0. The van der Waals surface area contributed by atoms with E-state index in [2.05, 4.69) is 41.8 Å². The third-order valence-corrected chi connectivity index (χ3v) is 2.84. The number of hydrogen-bond acceptors (Lipinski definition) is 3. The van der Waals surface area contributed by atoms with Gasteiger partial charge in [0.15, 0.2) is 0 Å². The molecule has 0 bridgehead atoms. The van der Waals surface area contributed by atoms with E-state index >= 15 is 0 Å². The SMILES string of the molecule is CCCc1ccc(NCCCNC(=O)OC(C)(C)C)cc1. The highest BCUT2D eigenvalue weighted by Gasteiger charge is 2.15. The van der Waals surface area contributed by atoms with E-state index in [-0.39, 0.29) is 6.09 Å². The number of carbonyl (C=O) groups excluding carboxylic acids is 1. The van der Waals surface area contributed by atoms with Crippen LogP contribution in [-0.2, 0) is 11.2 Å². The number of amides is 1. The summed E-state index contributed by atoms with van der Waals surface area (Å²) >= 11 is 0. The molecule has 0 saturated carbocycles. The van der Waals surface area contributed by atoms with Crippen molar-refractivity contribution in [1.82, 2.24) is 5.32 Å². The zero-order valence-corrected chi connectivity index (χ0v) is 13.7. The first-order valence-electron chi connectivity index (χ1n) is 7.70. The molecule has 0 aliphatic rings. The summed E-state index contributed by atoms with van der Waals surface area (Å²) in [5.41, 5.74) is 2.05. The maximum Gasteiger partial charge on any atom is 0.407 e. The lowest BCUT2D eigenvalue weighted by Crippen LogP contribution is -2.33. The lowest BCUT2D eigenvalue weighted by Gasteiger charge is -2.19. The average Bonchev–Trinajstić information content (AvgIpc) is 2.38. The number of ether oxygens (including phenoxy) is 1. The standard InChI is InChI=1S/C17H28N2O2/c1-5-7-14-8-10-15(11-9-14)18-12-6-13-19-16(20)21-17(2,3)4/h8-11,18H,5-7,12-13H2,1-4H3,(H,19,20). The van der Waals surface area contributed by atoms with E-state index in [1.807, 2.05) is 20.8 Å². The fraction of sp³-hybridized carbons (Fsp3) is 0.588. The molecule has 118 valence electrons. The summed E-state index contributed by atoms with van der Waals surface area (Å²) in [4.78, 5) is 11.4. The molecule has 0 radical (unpaired) electrons. The summed E-state index contributed by atoms with van der Waals surface area (Å²) in [6, 6.07) is 8.52. The Kier molecular flexibility index (Phi) is 7.06. The average molecular weight is 292 g/mol. The molecule has 1 rings (SSSR count). The molecule has 21 heavy (non-hydrogen) atoms. The second-order valence-electron chi connectivity index (χ2n) is 6.16. The van der Waals surface area contributed by atoms with Gasteiger partial charge in [-0.05, 0) is 51.3 Å². The zero-order valence-electron chi connectivity index (χ0n) is 13.7. The van der Waals surface area contributed by atoms with Gasteiger partial charge in [-0.2, -0.15) is 0 Å².